The second kappa shape index (κ2) is 7.12. The molecule has 0 atom stereocenters. The van der Waals surface area contributed by atoms with E-state index in [0.29, 0.717) is 23.9 Å². The number of sulfonamides is 1. The van der Waals surface area contributed by atoms with Gasteiger partial charge in [-0.1, -0.05) is 39.0 Å². The number of aromatic nitrogens is 1. The molecule has 2 heterocycles. The van der Waals surface area contributed by atoms with Crippen LogP contribution in [-0.4, -0.2) is 30.8 Å². The molecule has 0 amide bonds. The maximum absolute atomic E-state index is 13.0. The third-order valence-electron chi connectivity index (χ3n) is 5.25. The van der Waals surface area contributed by atoms with E-state index >= 15 is 0 Å². The first-order valence-corrected chi connectivity index (χ1v) is 10.7. The van der Waals surface area contributed by atoms with E-state index in [9.17, 15) is 8.42 Å². The molecule has 1 aliphatic heterocycles. The van der Waals surface area contributed by atoms with Crippen molar-refractivity contribution in [3.63, 3.8) is 0 Å². The lowest BCUT2D eigenvalue weighted by Crippen LogP contribution is -2.38. The summed E-state index contributed by atoms with van der Waals surface area (Å²) in [6.07, 6.45) is 3.45. The second-order valence-electron chi connectivity index (χ2n) is 8.16. The molecule has 3 rings (SSSR count). The molecule has 5 heteroatoms. The highest BCUT2D eigenvalue weighted by Crippen LogP contribution is 2.31. The minimum Gasteiger partial charge on any atom is -0.261 e. The molecule has 0 bridgehead atoms. The Bertz CT molecular complexity index is 860. The zero-order chi connectivity index (χ0) is 18.9. The highest BCUT2D eigenvalue weighted by atomic mass is 32.2. The predicted octanol–water partition coefficient (Wildman–Crippen LogP) is 4.26. The number of rotatable bonds is 3. The molecule has 2 aromatic rings. The van der Waals surface area contributed by atoms with Crippen LogP contribution in [0.15, 0.2) is 47.5 Å². The molecule has 1 aliphatic rings. The number of hydrogen-bond donors (Lipinski definition) is 0. The molecule has 26 heavy (non-hydrogen) atoms. The van der Waals surface area contributed by atoms with Gasteiger partial charge in [0.1, 0.15) is 0 Å². The summed E-state index contributed by atoms with van der Waals surface area (Å²) in [4.78, 5) is 4.90. The van der Waals surface area contributed by atoms with Crippen LogP contribution in [0.5, 0.6) is 0 Å². The Balaban J connectivity index is 1.73. The highest BCUT2D eigenvalue weighted by molar-refractivity contribution is 7.89. The smallest absolute Gasteiger partial charge is 0.243 e. The van der Waals surface area contributed by atoms with E-state index in [-0.39, 0.29) is 5.41 Å². The molecule has 1 saturated heterocycles. The van der Waals surface area contributed by atoms with Crippen LogP contribution in [0.25, 0.3) is 0 Å². The Labute approximate surface area is 157 Å². The van der Waals surface area contributed by atoms with Crippen molar-refractivity contribution in [3.05, 3.63) is 59.4 Å². The monoisotopic (exact) mass is 372 g/mol. The Morgan fingerprint density at radius 2 is 1.65 bits per heavy atom. The summed E-state index contributed by atoms with van der Waals surface area (Å²) < 4.78 is 27.6. The molecule has 4 nitrogen and oxygen atoms in total. The van der Waals surface area contributed by atoms with Crippen molar-refractivity contribution in [1.29, 1.82) is 0 Å². The van der Waals surface area contributed by atoms with Gasteiger partial charge in [-0.05, 0) is 54.5 Å². The van der Waals surface area contributed by atoms with Gasteiger partial charge in [0.05, 0.1) is 4.90 Å². The molecular weight excluding hydrogens is 344 g/mol. The van der Waals surface area contributed by atoms with E-state index in [1.54, 1.807) is 16.4 Å². The maximum Gasteiger partial charge on any atom is 0.243 e. The standard InChI is InChI=1S/C21H28N2O2S/c1-16-6-5-13-22-20(16)17-11-14-23(15-12-17)26(24,25)19-9-7-18(8-10-19)21(2,3)4/h5-10,13,17H,11-12,14-15H2,1-4H3. The van der Waals surface area contributed by atoms with Gasteiger partial charge in [0.25, 0.3) is 0 Å². The predicted molar refractivity (Wildman–Crippen MR) is 105 cm³/mol. The van der Waals surface area contributed by atoms with Crippen LogP contribution in [0.2, 0.25) is 0 Å². The zero-order valence-electron chi connectivity index (χ0n) is 16.1. The molecule has 0 spiro atoms. The topological polar surface area (TPSA) is 50.3 Å². The van der Waals surface area contributed by atoms with Crippen LogP contribution in [0.3, 0.4) is 0 Å². The van der Waals surface area contributed by atoms with Gasteiger partial charge < -0.3 is 0 Å². The molecule has 1 aromatic heterocycles. The fourth-order valence-electron chi connectivity index (χ4n) is 3.57. The SMILES string of the molecule is Cc1cccnc1C1CCN(S(=O)(=O)c2ccc(C(C)(C)C)cc2)CC1. The zero-order valence-corrected chi connectivity index (χ0v) is 16.9. The molecule has 1 fully saturated rings. The molecule has 0 aliphatic carbocycles. The first kappa shape index (κ1) is 19.1. The minimum atomic E-state index is -3.43. The minimum absolute atomic E-state index is 0.0151. The van der Waals surface area contributed by atoms with E-state index in [4.69, 9.17) is 0 Å². The third-order valence-corrected chi connectivity index (χ3v) is 7.16. The van der Waals surface area contributed by atoms with Gasteiger partial charge in [-0.2, -0.15) is 4.31 Å². The van der Waals surface area contributed by atoms with Crippen LogP contribution in [0, 0.1) is 6.92 Å². The van der Waals surface area contributed by atoms with Crippen molar-refractivity contribution in [2.75, 3.05) is 13.1 Å². The first-order chi connectivity index (χ1) is 12.2. The normalized spacial score (nSPS) is 17.4. The quantitative estimate of drug-likeness (QED) is 0.809. The van der Waals surface area contributed by atoms with Crippen LogP contribution >= 0.6 is 0 Å². The highest BCUT2D eigenvalue weighted by Gasteiger charge is 2.31. The van der Waals surface area contributed by atoms with Crippen LogP contribution < -0.4 is 0 Å². The third kappa shape index (κ3) is 3.84. The number of piperidine rings is 1. The van der Waals surface area contributed by atoms with Crippen molar-refractivity contribution < 1.29 is 8.42 Å². The summed E-state index contributed by atoms with van der Waals surface area (Å²) in [6, 6.07) is 11.4. The van der Waals surface area contributed by atoms with E-state index in [1.165, 1.54) is 5.56 Å². The Morgan fingerprint density at radius 1 is 1.04 bits per heavy atom. The van der Waals surface area contributed by atoms with Crippen LogP contribution in [0.4, 0.5) is 0 Å². The Hall–Kier alpha value is -1.72. The van der Waals surface area contributed by atoms with Crippen molar-refractivity contribution in [2.45, 2.75) is 56.8 Å². The molecule has 1 aromatic carbocycles. The van der Waals surface area contributed by atoms with Gasteiger partial charge in [0.2, 0.25) is 10.0 Å². The van der Waals surface area contributed by atoms with Crippen molar-refractivity contribution in [1.82, 2.24) is 9.29 Å². The van der Waals surface area contributed by atoms with E-state index in [1.807, 2.05) is 24.4 Å². The van der Waals surface area contributed by atoms with Crippen LogP contribution in [-0.2, 0) is 15.4 Å². The van der Waals surface area contributed by atoms with Gasteiger partial charge in [-0.25, -0.2) is 8.42 Å². The Morgan fingerprint density at radius 3 is 2.19 bits per heavy atom. The molecule has 0 radical (unpaired) electrons. The van der Waals surface area contributed by atoms with Gasteiger partial charge in [-0.3, -0.25) is 4.98 Å². The van der Waals surface area contributed by atoms with Crippen molar-refractivity contribution in [2.24, 2.45) is 0 Å². The molecule has 0 unspecified atom stereocenters. The summed E-state index contributed by atoms with van der Waals surface area (Å²) in [6.45, 7) is 9.54. The first-order valence-electron chi connectivity index (χ1n) is 9.22. The lowest BCUT2D eigenvalue weighted by atomic mass is 9.87. The maximum atomic E-state index is 13.0. The largest absolute Gasteiger partial charge is 0.261 e. The lowest BCUT2D eigenvalue weighted by molar-refractivity contribution is 0.316. The van der Waals surface area contributed by atoms with E-state index in [0.717, 1.165) is 24.1 Å². The summed E-state index contributed by atoms with van der Waals surface area (Å²) >= 11 is 0. The summed E-state index contributed by atoms with van der Waals surface area (Å²) in [7, 11) is -3.43. The average molecular weight is 373 g/mol. The number of pyridine rings is 1. The van der Waals surface area contributed by atoms with Crippen molar-refractivity contribution in [3.8, 4) is 0 Å². The number of aryl methyl sites for hydroxylation is 1. The Kier molecular flexibility index (Phi) is 5.22. The fourth-order valence-corrected chi connectivity index (χ4v) is 5.04. The van der Waals surface area contributed by atoms with Gasteiger partial charge in [0.15, 0.2) is 0 Å². The van der Waals surface area contributed by atoms with E-state index in [2.05, 4.69) is 38.7 Å². The summed E-state index contributed by atoms with van der Waals surface area (Å²) in [5.74, 6) is 0.339. The number of nitrogens with zero attached hydrogens (tertiary/aromatic N) is 2. The van der Waals surface area contributed by atoms with E-state index < -0.39 is 10.0 Å². The van der Waals surface area contributed by atoms with Crippen molar-refractivity contribution >= 4 is 10.0 Å². The summed E-state index contributed by atoms with van der Waals surface area (Å²) in [5.41, 5.74) is 3.45. The van der Waals surface area contributed by atoms with Gasteiger partial charge >= 0.3 is 0 Å². The van der Waals surface area contributed by atoms with Gasteiger partial charge in [0, 0.05) is 30.9 Å². The lowest BCUT2D eigenvalue weighted by Gasteiger charge is -2.31. The summed E-state index contributed by atoms with van der Waals surface area (Å²) in [5, 5.41) is 0. The fraction of sp³-hybridized carbons (Fsp3) is 0.476. The number of benzene rings is 1. The molecular formula is C21H28N2O2S. The second-order valence-corrected chi connectivity index (χ2v) is 10.1. The number of hydrogen-bond acceptors (Lipinski definition) is 3. The molecule has 140 valence electrons. The van der Waals surface area contributed by atoms with Gasteiger partial charge in [-0.15, -0.1) is 0 Å². The molecule has 0 N–H and O–H groups in total. The van der Waals surface area contributed by atoms with Crippen LogP contribution in [0.1, 0.15) is 56.4 Å². The average Bonchev–Trinajstić information content (AvgIpc) is 2.62. The molecule has 0 saturated carbocycles.